The summed E-state index contributed by atoms with van der Waals surface area (Å²) in [5.41, 5.74) is 1.02. The van der Waals surface area contributed by atoms with Gasteiger partial charge in [-0.25, -0.2) is 9.97 Å². The Morgan fingerprint density at radius 1 is 1.38 bits per heavy atom. The van der Waals surface area contributed by atoms with Gasteiger partial charge in [-0.1, -0.05) is 6.92 Å². The molecule has 0 bridgehead atoms. The monoisotopic (exact) mass is 197 g/mol. The highest BCUT2D eigenvalue weighted by Gasteiger charge is 2.00. The zero-order valence-corrected chi connectivity index (χ0v) is 9.11. The third-order valence-electron chi connectivity index (χ3n) is 1.46. The SMILES string of the molecule is CCNc1nc(C)cc(SCC)n1. The van der Waals surface area contributed by atoms with Gasteiger partial charge in [0.15, 0.2) is 0 Å². The van der Waals surface area contributed by atoms with Crippen LogP contribution in [-0.4, -0.2) is 22.3 Å². The largest absolute Gasteiger partial charge is 0.354 e. The van der Waals surface area contributed by atoms with Gasteiger partial charge in [-0.3, -0.25) is 0 Å². The summed E-state index contributed by atoms with van der Waals surface area (Å²) in [6, 6.07) is 2.01. The number of hydrogen-bond acceptors (Lipinski definition) is 4. The van der Waals surface area contributed by atoms with Gasteiger partial charge in [-0.05, 0) is 25.7 Å². The molecule has 1 heterocycles. The number of anilines is 1. The molecule has 0 unspecified atom stereocenters. The molecule has 0 amide bonds. The van der Waals surface area contributed by atoms with Gasteiger partial charge in [-0.2, -0.15) is 0 Å². The van der Waals surface area contributed by atoms with E-state index in [1.165, 1.54) is 0 Å². The van der Waals surface area contributed by atoms with Crippen molar-refractivity contribution in [2.75, 3.05) is 17.6 Å². The van der Waals surface area contributed by atoms with Crippen molar-refractivity contribution in [3.05, 3.63) is 11.8 Å². The summed E-state index contributed by atoms with van der Waals surface area (Å²) in [5.74, 6) is 1.78. The van der Waals surface area contributed by atoms with Gasteiger partial charge >= 0.3 is 0 Å². The first-order chi connectivity index (χ1) is 6.26. The standard InChI is InChI=1S/C9H15N3S/c1-4-10-9-11-7(3)6-8(12-9)13-5-2/h6H,4-5H2,1-3H3,(H,10,11,12). The van der Waals surface area contributed by atoms with Crippen molar-refractivity contribution in [2.24, 2.45) is 0 Å². The number of thioether (sulfide) groups is 1. The van der Waals surface area contributed by atoms with E-state index >= 15 is 0 Å². The Labute approximate surface area is 83.4 Å². The topological polar surface area (TPSA) is 37.8 Å². The van der Waals surface area contributed by atoms with Crippen LogP contribution in [0, 0.1) is 6.92 Å². The van der Waals surface area contributed by atoms with Gasteiger partial charge < -0.3 is 5.32 Å². The summed E-state index contributed by atoms with van der Waals surface area (Å²) in [6.07, 6.45) is 0. The fourth-order valence-corrected chi connectivity index (χ4v) is 1.70. The molecule has 0 saturated heterocycles. The molecule has 0 aliphatic heterocycles. The van der Waals surface area contributed by atoms with Gasteiger partial charge in [0.2, 0.25) is 5.95 Å². The number of nitrogens with zero attached hydrogens (tertiary/aromatic N) is 2. The molecule has 0 atom stereocenters. The number of aryl methyl sites for hydroxylation is 1. The van der Waals surface area contributed by atoms with Gasteiger partial charge in [-0.15, -0.1) is 11.8 Å². The van der Waals surface area contributed by atoms with Crippen molar-refractivity contribution in [1.29, 1.82) is 0 Å². The van der Waals surface area contributed by atoms with Crippen molar-refractivity contribution >= 4 is 17.7 Å². The van der Waals surface area contributed by atoms with Crippen LogP contribution < -0.4 is 5.32 Å². The predicted molar refractivity (Wildman–Crippen MR) is 57.3 cm³/mol. The van der Waals surface area contributed by atoms with Crippen LogP contribution in [-0.2, 0) is 0 Å². The molecule has 13 heavy (non-hydrogen) atoms. The maximum atomic E-state index is 4.35. The molecule has 1 rings (SSSR count). The molecule has 0 aromatic carbocycles. The van der Waals surface area contributed by atoms with Gasteiger partial charge in [0.25, 0.3) is 0 Å². The lowest BCUT2D eigenvalue weighted by Gasteiger charge is -2.04. The van der Waals surface area contributed by atoms with Crippen LogP contribution in [0.25, 0.3) is 0 Å². The van der Waals surface area contributed by atoms with E-state index in [-0.39, 0.29) is 0 Å². The van der Waals surface area contributed by atoms with E-state index in [1.807, 2.05) is 19.9 Å². The molecular formula is C9H15N3S. The second-order valence-electron chi connectivity index (χ2n) is 2.63. The first kappa shape index (κ1) is 10.3. The molecule has 0 aliphatic carbocycles. The Kier molecular flexibility index (Phi) is 4.02. The average molecular weight is 197 g/mol. The van der Waals surface area contributed by atoms with Crippen molar-refractivity contribution in [3.63, 3.8) is 0 Å². The molecular weight excluding hydrogens is 182 g/mol. The summed E-state index contributed by atoms with van der Waals surface area (Å²) < 4.78 is 0. The fraction of sp³-hybridized carbons (Fsp3) is 0.556. The minimum atomic E-state index is 0.735. The molecule has 0 fully saturated rings. The Morgan fingerprint density at radius 3 is 2.77 bits per heavy atom. The van der Waals surface area contributed by atoms with E-state index in [0.29, 0.717) is 0 Å². The lowest BCUT2D eigenvalue weighted by molar-refractivity contribution is 0.985. The van der Waals surface area contributed by atoms with Crippen molar-refractivity contribution < 1.29 is 0 Å². The van der Waals surface area contributed by atoms with Crippen LogP contribution in [0.15, 0.2) is 11.1 Å². The predicted octanol–water partition coefficient (Wildman–Crippen LogP) is 2.33. The number of hydrogen-bond donors (Lipinski definition) is 1. The average Bonchev–Trinajstić information content (AvgIpc) is 2.04. The molecule has 1 N–H and O–H groups in total. The van der Waals surface area contributed by atoms with Crippen LogP contribution in [0.2, 0.25) is 0 Å². The Balaban J connectivity index is 2.83. The quantitative estimate of drug-likeness (QED) is 0.594. The van der Waals surface area contributed by atoms with Gasteiger partial charge in [0.1, 0.15) is 5.03 Å². The molecule has 1 aromatic heterocycles. The minimum absolute atomic E-state index is 0.735. The van der Waals surface area contributed by atoms with Crippen LogP contribution in [0.3, 0.4) is 0 Å². The molecule has 0 radical (unpaired) electrons. The molecule has 1 aromatic rings. The Hall–Kier alpha value is -0.770. The third kappa shape index (κ3) is 3.22. The molecule has 0 saturated carbocycles. The smallest absolute Gasteiger partial charge is 0.223 e. The normalized spacial score (nSPS) is 10.1. The summed E-state index contributed by atoms with van der Waals surface area (Å²) in [4.78, 5) is 8.62. The van der Waals surface area contributed by atoms with Crippen LogP contribution in [0.5, 0.6) is 0 Å². The van der Waals surface area contributed by atoms with E-state index in [1.54, 1.807) is 11.8 Å². The van der Waals surface area contributed by atoms with Crippen LogP contribution >= 0.6 is 11.8 Å². The number of nitrogens with one attached hydrogen (secondary N) is 1. The summed E-state index contributed by atoms with van der Waals surface area (Å²) in [5, 5.41) is 4.16. The van der Waals surface area contributed by atoms with Crippen LogP contribution in [0.4, 0.5) is 5.95 Å². The second kappa shape index (κ2) is 5.07. The van der Waals surface area contributed by atoms with E-state index in [9.17, 15) is 0 Å². The molecule has 72 valence electrons. The summed E-state index contributed by atoms with van der Waals surface area (Å²) in [7, 11) is 0. The van der Waals surface area contributed by atoms with E-state index in [0.717, 1.165) is 29.0 Å². The number of rotatable bonds is 4. The maximum absolute atomic E-state index is 4.35. The van der Waals surface area contributed by atoms with Crippen molar-refractivity contribution in [1.82, 2.24) is 9.97 Å². The fourth-order valence-electron chi connectivity index (χ4n) is 0.999. The molecule has 3 nitrogen and oxygen atoms in total. The van der Waals surface area contributed by atoms with E-state index < -0.39 is 0 Å². The summed E-state index contributed by atoms with van der Waals surface area (Å²) in [6.45, 7) is 7.01. The summed E-state index contributed by atoms with van der Waals surface area (Å²) >= 11 is 1.74. The first-order valence-corrected chi connectivity index (χ1v) is 5.47. The highest BCUT2D eigenvalue weighted by molar-refractivity contribution is 7.99. The van der Waals surface area contributed by atoms with E-state index in [2.05, 4.69) is 22.2 Å². The first-order valence-electron chi connectivity index (χ1n) is 4.48. The molecule has 0 spiro atoms. The zero-order chi connectivity index (χ0) is 9.68. The van der Waals surface area contributed by atoms with Crippen LogP contribution in [0.1, 0.15) is 19.5 Å². The maximum Gasteiger partial charge on any atom is 0.223 e. The third-order valence-corrected chi connectivity index (χ3v) is 2.25. The van der Waals surface area contributed by atoms with Crippen molar-refractivity contribution in [2.45, 2.75) is 25.8 Å². The Bertz CT molecular complexity index is 251. The highest BCUT2D eigenvalue weighted by atomic mass is 32.2. The lowest BCUT2D eigenvalue weighted by Crippen LogP contribution is -2.03. The van der Waals surface area contributed by atoms with E-state index in [4.69, 9.17) is 0 Å². The molecule has 0 aliphatic rings. The second-order valence-corrected chi connectivity index (χ2v) is 3.92. The lowest BCUT2D eigenvalue weighted by atomic mass is 10.5. The zero-order valence-electron chi connectivity index (χ0n) is 8.29. The highest BCUT2D eigenvalue weighted by Crippen LogP contribution is 2.16. The minimum Gasteiger partial charge on any atom is -0.354 e. The molecule has 4 heteroatoms. The van der Waals surface area contributed by atoms with Gasteiger partial charge in [0, 0.05) is 12.2 Å². The number of aromatic nitrogens is 2. The van der Waals surface area contributed by atoms with Gasteiger partial charge in [0.05, 0.1) is 0 Å². The Morgan fingerprint density at radius 2 is 2.15 bits per heavy atom. The van der Waals surface area contributed by atoms with Crippen molar-refractivity contribution in [3.8, 4) is 0 Å².